The smallest absolute Gasteiger partial charge is 0.311 e. The maximum absolute atomic E-state index is 12.9. The third kappa shape index (κ3) is 4.98. The summed E-state index contributed by atoms with van der Waals surface area (Å²) >= 11 is 0. The summed E-state index contributed by atoms with van der Waals surface area (Å²) in [7, 11) is 0. The first kappa shape index (κ1) is 14.9. The van der Waals surface area contributed by atoms with Crippen LogP contribution in [0.25, 0.3) is 0 Å². The Hall–Kier alpha value is -1.19. The first-order chi connectivity index (χ1) is 8.44. The van der Waals surface area contributed by atoms with Gasteiger partial charge in [0.2, 0.25) is 0 Å². The zero-order valence-electron chi connectivity index (χ0n) is 10.5. The lowest BCUT2D eigenvalue weighted by Crippen LogP contribution is -2.40. The van der Waals surface area contributed by atoms with Crippen LogP contribution < -0.4 is 0 Å². The molecule has 0 spiro atoms. The standard InChI is InChI=1S/C13H19F2NO2/c1-2-3-4-11(12(17)18)5-8-16-9-6-13(14,15)7-10-16/h2,4,11H,5-10H2,1H3,(H,17,18)/t3?,11-/m0/s1. The molecule has 0 amide bonds. The Kier molecular flexibility index (Phi) is 5.51. The normalized spacial score (nSPS) is 20.8. The minimum absolute atomic E-state index is 0.130. The third-order valence-corrected chi connectivity index (χ3v) is 3.13. The molecule has 0 aromatic rings. The first-order valence-corrected chi connectivity index (χ1v) is 6.15. The predicted octanol–water partition coefficient (Wildman–Crippen LogP) is 2.54. The van der Waals surface area contributed by atoms with Gasteiger partial charge in [-0.1, -0.05) is 0 Å². The van der Waals surface area contributed by atoms with Gasteiger partial charge in [-0.2, -0.15) is 0 Å². The number of hydrogen-bond donors (Lipinski definition) is 1. The van der Waals surface area contributed by atoms with Gasteiger partial charge in [0.25, 0.3) is 5.92 Å². The molecule has 1 saturated heterocycles. The number of rotatable bonds is 5. The van der Waals surface area contributed by atoms with Crippen LogP contribution in [0.15, 0.2) is 17.9 Å². The highest BCUT2D eigenvalue weighted by molar-refractivity contribution is 5.72. The van der Waals surface area contributed by atoms with Crippen LogP contribution in [0.2, 0.25) is 0 Å². The lowest BCUT2D eigenvalue weighted by Gasteiger charge is -2.31. The minimum Gasteiger partial charge on any atom is -0.481 e. The van der Waals surface area contributed by atoms with Crippen molar-refractivity contribution in [1.82, 2.24) is 4.90 Å². The van der Waals surface area contributed by atoms with Crippen molar-refractivity contribution in [1.29, 1.82) is 0 Å². The molecule has 0 aliphatic carbocycles. The van der Waals surface area contributed by atoms with Gasteiger partial charge in [-0.15, -0.1) is 5.73 Å². The van der Waals surface area contributed by atoms with E-state index in [0.29, 0.717) is 26.1 Å². The lowest BCUT2D eigenvalue weighted by molar-refractivity contribution is -0.140. The van der Waals surface area contributed by atoms with Crippen LogP contribution in [0.5, 0.6) is 0 Å². The molecule has 0 aromatic carbocycles. The van der Waals surface area contributed by atoms with Crippen molar-refractivity contribution < 1.29 is 18.7 Å². The van der Waals surface area contributed by atoms with Crippen LogP contribution in [0, 0.1) is 5.92 Å². The number of carboxylic acid groups (broad SMARTS) is 1. The van der Waals surface area contributed by atoms with Crippen molar-refractivity contribution in [2.24, 2.45) is 5.92 Å². The predicted molar refractivity (Wildman–Crippen MR) is 64.7 cm³/mol. The van der Waals surface area contributed by atoms with Crippen LogP contribution in [0.4, 0.5) is 8.78 Å². The van der Waals surface area contributed by atoms with Crippen LogP contribution in [0.3, 0.4) is 0 Å². The molecule has 0 saturated carbocycles. The SMILES string of the molecule is CC=C=C[C@@H](CCN1CCC(F)(F)CC1)C(=O)O. The van der Waals surface area contributed by atoms with Crippen LogP contribution in [-0.4, -0.2) is 41.5 Å². The molecule has 1 heterocycles. The number of likely N-dealkylation sites (tertiary alicyclic amines) is 1. The van der Waals surface area contributed by atoms with Gasteiger partial charge >= 0.3 is 5.97 Å². The molecule has 0 unspecified atom stereocenters. The van der Waals surface area contributed by atoms with Crippen molar-refractivity contribution in [3.63, 3.8) is 0 Å². The average Bonchev–Trinajstić information content (AvgIpc) is 2.30. The molecule has 1 aliphatic heterocycles. The fourth-order valence-corrected chi connectivity index (χ4v) is 1.92. The molecule has 1 fully saturated rings. The van der Waals surface area contributed by atoms with Crippen molar-refractivity contribution in [3.8, 4) is 0 Å². The Labute approximate surface area is 106 Å². The van der Waals surface area contributed by atoms with Crippen LogP contribution in [0.1, 0.15) is 26.2 Å². The largest absolute Gasteiger partial charge is 0.481 e. The zero-order chi connectivity index (χ0) is 13.6. The number of carboxylic acids is 1. The summed E-state index contributed by atoms with van der Waals surface area (Å²) in [6, 6.07) is 0. The highest BCUT2D eigenvalue weighted by atomic mass is 19.3. The number of alkyl halides is 2. The summed E-state index contributed by atoms with van der Waals surface area (Å²) in [4.78, 5) is 12.9. The summed E-state index contributed by atoms with van der Waals surface area (Å²) in [5.74, 6) is -4.04. The van der Waals surface area contributed by atoms with Gasteiger partial charge in [-0.3, -0.25) is 4.79 Å². The van der Waals surface area contributed by atoms with Crippen molar-refractivity contribution in [2.75, 3.05) is 19.6 Å². The summed E-state index contributed by atoms with van der Waals surface area (Å²) in [6.45, 7) is 2.98. The summed E-state index contributed by atoms with van der Waals surface area (Å²) in [5, 5.41) is 8.99. The fraction of sp³-hybridized carbons (Fsp3) is 0.692. The van der Waals surface area contributed by atoms with Crippen molar-refractivity contribution >= 4 is 5.97 Å². The van der Waals surface area contributed by atoms with Crippen LogP contribution in [-0.2, 0) is 4.79 Å². The second-order valence-corrected chi connectivity index (χ2v) is 4.55. The van der Waals surface area contributed by atoms with E-state index in [-0.39, 0.29) is 12.8 Å². The van der Waals surface area contributed by atoms with E-state index in [4.69, 9.17) is 5.11 Å². The Morgan fingerprint density at radius 2 is 2.11 bits per heavy atom. The molecule has 0 radical (unpaired) electrons. The Bertz CT molecular complexity index is 339. The van der Waals surface area contributed by atoms with Crippen molar-refractivity contribution in [3.05, 3.63) is 17.9 Å². The number of carbonyl (C=O) groups is 1. The van der Waals surface area contributed by atoms with Gasteiger partial charge in [0.15, 0.2) is 0 Å². The summed E-state index contributed by atoms with van der Waals surface area (Å²) in [6.07, 6.45) is 3.34. The number of nitrogens with zero attached hydrogens (tertiary/aromatic N) is 1. The van der Waals surface area contributed by atoms with Gasteiger partial charge in [0.05, 0.1) is 5.92 Å². The maximum atomic E-state index is 12.9. The second kappa shape index (κ2) is 6.66. The van der Waals surface area contributed by atoms with Crippen LogP contribution >= 0.6 is 0 Å². The second-order valence-electron chi connectivity index (χ2n) is 4.55. The number of aliphatic carboxylic acids is 1. The molecule has 102 valence electrons. The molecule has 0 aromatic heterocycles. The quantitative estimate of drug-likeness (QED) is 0.771. The van der Waals surface area contributed by atoms with Crippen molar-refractivity contribution in [2.45, 2.75) is 32.1 Å². The molecule has 0 bridgehead atoms. The molecule has 1 N–H and O–H groups in total. The van der Waals surface area contributed by atoms with E-state index in [1.165, 1.54) is 6.08 Å². The van der Waals surface area contributed by atoms with Gasteiger partial charge in [-0.05, 0) is 32.0 Å². The van der Waals surface area contributed by atoms with E-state index >= 15 is 0 Å². The lowest BCUT2D eigenvalue weighted by atomic mass is 10.0. The van der Waals surface area contributed by atoms with Gasteiger partial charge in [-0.25, -0.2) is 8.78 Å². The van der Waals surface area contributed by atoms with Gasteiger partial charge < -0.3 is 10.0 Å². The molecule has 5 heteroatoms. The molecule has 18 heavy (non-hydrogen) atoms. The summed E-state index contributed by atoms with van der Waals surface area (Å²) in [5.41, 5.74) is 2.76. The number of hydrogen-bond acceptors (Lipinski definition) is 2. The highest BCUT2D eigenvalue weighted by Gasteiger charge is 2.33. The van der Waals surface area contributed by atoms with E-state index in [1.807, 2.05) is 4.90 Å². The maximum Gasteiger partial charge on any atom is 0.311 e. The molecule has 3 nitrogen and oxygen atoms in total. The monoisotopic (exact) mass is 259 g/mol. The molecular formula is C13H19F2NO2. The third-order valence-electron chi connectivity index (χ3n) is 3.13. The minimum atomic E-state index is -2.55. The van der Waals surface area contributed by atoms with E-state index in [0.717, 1.165) is 0 Å². The highest BCUT2D eigenvalue weighted by Crippen LogP contribution is 2.27. The number of halogens is 2. The van der Waals surface area contributed by atoms with E-state index in [9.17, 15) is 13.6 Å². The van der Waals surface area contributed by atoms with E-state index in [2.05, 4.69) is 5.73 Å². The van der Waals surface area contributed by atoms with E-state index < -0.39 is 17.8 Å². The average molecular weight is 259 g/mol. The molecular weight excluding hydrogens is 240 g/mol. The Morgan fingerprint density at radius 3 is 2.61 bits per heavy atom. The summed E-state index contributed by atoms with van der Waals surface area (Å²) < 4.78 is 25.9. The van der Waals surface area contributed by atoms with E-state index in [1.54, 1.807) is 13.0 Å². The van der Waals surface area contributed by atoms with Gasteiger partial charge in [0.1, 0.15) is 0 Å². The molecule has 1 aliphatic rings. The Balaban J connectivity index is 2.39. The topological polar surface area (TPSA) is 40.5 Å². The number of piperidine rings is 1. The Morgan fingerprint density at radius 1 is 1.50 bits per heavy atom. The first-order valence-electron chi connectivity index (χ1n) is 6.15. The molecule has 1 atom stereocenters. The molecule has 1 rings (SSSR count). The fourth-order valence-electron chi connectivity index (χ4n) is 1.92. The van der Waals surface area contributed by atoms with Gasteiger partial charge in [0, 0.05) is 25.9 Å². The zero-order valence-corrected chi connectivity index (χ0v) is 10.5.